The first-order chi connectivity index (χ1) is 9.47. The van der Waals surface area contributed by atoms with E-state index >= 15 is 0 Å². The fourth-order valence-electron chi connectivity index (χ4n) is 2.74. The van der Waals surface area contributed by atoms with Gasteiger partial charge >= 0.3 is 0 Å². The first kappa shape index (κ1) is 13.9. The van der Waals surface area contributed by atoms with Crippen LogP contribution in [0.1, 0.15) is 25.7 Å². The summed E-state index contributed by atoms with van der Waals surface area (Å²) < 4.78 is 22.8. The smallest absolute Gasteiger partial charge is 0.175 e. The molecule has 1 aromatic rings. The van der Waals surface area contributed by atoms with Crippen LogP contribution in [-0.4, -0.2) is 31.1 Å². The number of hydrogen-bond donors (Lipinski definition) is 1. The van der Waals surface area contributed by atoms with Crippen molar-refractivity contribution in [3.8, 4) is 0 Å². The minimum absolute atomic E-state index is 0.166. The second kappa shape index (κ2) is 5.07. The first-order valence-electron chi connectivity index (χ1n) is 6.77. The summed E-state index contributed by atoms with van der Waals surface area (Å²) in [6, 6.07) is 6.84. The van der Waals surface area contributed by atoms with Gasteiger partial charge < -0.3 is 5.32 Å². The van der Waals surface area contributed by atoms with Crippen LogP contribution in [0.2, 0.25) is 0 Å². The number of aliphatic imine (C=N–C) groups is 1. The molecule has 0 saturated heterocycles. The maximum absolute atomic E-state index is 11.4. The normalized spacial score (nSPS) is 21.1. The van der Waals surface area contributed by atoms with Crippen molar-refractivity contribution in [2.75, 3.05) is 17.3 Å². The van der Waals surface area contributed by atoms with Crippen LogP contribution in [0, 0.1) is 0 Å². The molecule has 0 bridgehead atoms. The van der Waals surface area contributed by atoms with Crippen LogP contribution in [-0.2, 0) is 9.84 Å². The summed E-state index contributed by atoms with van der Waals surface area (Å²) in [5.41, 5.74) is 1.05. The van der Waals surface area contributed by atoms with E-state index in [0.717, 1.165) is 16.6 Å². The number of amidine groups is 1. The molecule has 20 heavy (non-hydrogen) atoms. The van der Waals surface area contributed by atoms with Gasteiger partial charge in [-0.2, -0.15) is 0 Å². The molecule has 0 amide bonds. The van der Waals surface area contributed by atoms with Gasteiger partial charge in [-0.15, -0.1) is 0 Å². The Bertz CT molecular complexity index is 630. The monoisotopic (exact) mass is 310 g/mol. The predicted octanol–water partition coefficient (Wildman–Crippen LogP) is 2.92. The van der Waals surface area contributed by atoms with Crippen molar-refractivity contribution in [1.29, 1.82) is 0 Å². The molecule has 3 rings (SSSR count). The van der Waals surface area contributed by atoms with E-state index in [1.165, 1.54) is 31.9 Å². The molecule has 4 nitrogen and oxygen atoms in total. The van der Waals surface area contributed by atoms with Gasteiger partial charge in [0.1, 0.15) is 0 Å². The highest BCUT2D eigenvalue weighted by Gasteiger charge is 2.38. The zero-order chi connectivity index (χ0) is 14.2. The number of nitrogens with one attached hydrogen (secondary N) is 1. The molecule has 1 N–H and O–H groups in total. The Morgan fingerprint density at radius 3 is 2.45 bits per heavy atom. The molecular weight excluding hydrogens is 292 g/mol. The number of hydrogen-bond acceptors (Lipinski definition) is 5. The fraction of sp³-hybridized carbons (Fsp3) is 0.500. The van der Waals surface area contributed by atoms with Crippen LogP contribution in [0.25, 0.3) is 0 Å². The lowest BCUT2D eigenvalue weighted by atomic mass is 10.0. The highest BCUT2D eigenvalue weighted by Crippen LogP contribution is 2.41. The van der Waals surface area contributed by atoms with Gasteiger partial charge in [0.25, 0.3) is 0 Å². The Hall–Kier alpha value is -1.01. The van der Waals surface area contributed by atoms with Crippen molar-refractivity contribution in [1.82, 2.24) is 0 Å². The molecule has 1 fully saturated rings. The minimum Gasteiger partial charge on any atom is -0.335 e. The van der Waals surface area contributed by atoms with Gasteiger partial charge in [0.2, 0.25) is 0 Å². The van der Waals surface area contributed by atoms with E-state index < -0.39 is 9.84 Å². The van der Waals surface area contributed by atoms with Crippen molar-refractivity contribution in [3.05, 3.63) is 24.3 Å². The number of anilines is 1. The Morgan fingerprint density at radius 2 is 1.85 bits per heavy atom. The topological polar surface area (TPSA) is 58.5 Å². The lowest BCUT2D eigenvalue weighted by Gasteiger charge is -2.16. The predicted molar refractivity (Wildman–Crippen MR) is 84.3 cm³/mol. The third kappa shape index (κ3) is 2.86. The van der Waals surface area contributed by atoms with Crippen LogP contribution < -0.4 is 5.32 Å². The van der Waals surface area contributed by atoms with Crippen LogP contribution in [0.5, 0.6) is 0 Å². The van der Waals surface area contributed by atoms with Crippen LogP contribution in [0.15, 0.2) is 34.2 Å². The molecule has 6 heteroatoms. The maximum atomic E-state index is 11.4. The number of benzene rings is 1. The Morgan fingerprint density at radius 1 is 1.20 bits per heavy atom. The van der Waals surface area contributed by atoms with Gasteiger partial charge in [0, 0.05) is 17.7 Å². The molecule has 1 heterocycles. The van der Waals surface area contributed by atoms with Gasteiger partial charge in [-0.3, -0.25) is 4.99 Å². The van der Waals surface area contributed by atoms with E-state index in [2.05, 4.69) is 5.32 Å². The summed E-state index contributed by atoms with van der Waals surface area (Å²) in [6.07, 6.45) is 6.16. The van der Waals surface area contributed by atoms with Crippen molar-refractivity contribution >= 4 is 32.5 Å². The highest BCUT2D eigenvalue weighted by atomic mass is 32.2. The summed E-state index contributed by atoms with van der Waals surface area (Å²) >= 11 is 1.76. The zero-order valence-corrected chi connectivity index (χ0v) is 13.1. The SMILES string of the molecule is CS(=O)(=O)c1ccc(NC2=NC3(CCCC3)CS2)cc1. The largest absolute Gasteiger partial charge is 0.335 e. The number of sulfone groups is 1. The molecule has 1 aliphatic heterocycles. The standard InChI is InChI=1S/C14H18N2O2S2/c1-20(17,18)12-6-4-11(5-7-12)15-13-16-14(10-19-13)8-2-3-9-14/h4-7H,2-3,8-10H2,1H3,(H,15,16). The van der Waals surface area contributed by atoms with Crippen molar-refractivity contribution in [2.45, 2.75) is 36.1 Å². The minimum atomic E-state index is -3.13. The summed E-state index contributed by atoms with van der Waals surface area (Å²) in [4.78, 5) is 5.18. The van der Waals surface area contributed by atoms with E-state index in [-0.39, 0.29) is 5.54 Å². The molecule has 108 valence electrons. The average molecular weight is 310 g/mol. The molecule has 1 aromatic carbocycles. The van der Waals surface area contributed by atoms with Crippen molar-refractivity contribution in [2.24, 2.45) is 4.99 Å². The molecule has 2 aliphatic rings. The fourth-order valence-corrected chi connectivity index (χ4v) is 4.58. The van der Waals surface area contributed by atoms with E-state index in [1.54, 1.807) is 36.0 Å². The molecule has 1 aliphatic carbocycles. The van der Waals surface area contributed by atoms with Gasteiger partial charge in [-0.25, -0.2) is 8.42 Å². The second-order valence-electron chi connectivity index (χ2n) is 5.56. The summed E-state index contributed by atoms with van der Waals surface area (Å²) in [6.45, 7) is 0. The van der Waals surface area contributed by atoms with Crippen molar-refractivity contribution in [3.63, 3.8) is 0 Å². The third-order valence-corrected chi connectivity index (χ3v) is 6.16. The van der Waals surface area contributed by atoms with E-state index in [9.17, 15) is 8.42 Å². The quantitative estimate of drug-likeness (QED) is 0.912. The van der Waals surface area contributed by atoms with Gasteiger partial charge in [-0.05, 0) is 37.1 Å². The van der Waals surface area contributed by atoms with Gasteiger partial charge in [0.05, 0.1) is 10.4 Å². The molecule has 0 atom stereocenters. The maximum Gasteiger partial charge on any atom is 0.175 e. The van der Waals surface area contributed by atoms with Crippen LogP contribution in [0.4, 0.5) is 5.69 Å². The number of thioether (sulfide) groups is 1. The average Bonchev–Trinajstić information content (AvgIpc) is 3.00. The molecule has 0 unspecified atom stereocenters. The molecular formula is C14H18N2O2S2. The molecule has 1 spiro atoms. The lowest BCUT2D eigenvalue weighted by molar-refractivity contribution is 0.508. The van der Waals surface area contributed by atoms with Gasteiger partial charge in [-0.1, -0.05) is 24.6 Å². The molecule has 0 aromatic heterocycles. The first-order valence-corrected chi connectivity index (χ1v) is 9.64. The lowest BCUT2D eigenvalue weighted by Crippen LogP contribution is -2.21. The Balaban J connectivity index is 1.73. The summed E-state index contributed by atoms with van der Waals surface area (Å²) in [5.74, 6) is 1.07. The number of nitrogens with zero attached hydrogens (tertiary/aromatic N) is 1. The summed E-state index contributed by atoms with van der Waals surface area (Å²) in [5, 5.41) is 4.25. The summed E-state index contributed by atoms with van der Waals surface area (Å²) in [7, 11) is -3.13. The highest BCUT2D eigenvalue weighted by molar-refractivity contribution is 8.14. The van der Waals surface area contributed by atoms with Crippen LogP contribution in [0.3, 0.4) is 0 Å². The van der Waals surface area contributed by atoms with E-state index in [0.29, 0.717) is 4.90 Å². The van der Waals surface area contributed by atoms with Crippen LogP contribution >= 0.6 is 11.8 Å². The van der Waals surface area contributed by atoms with Gasteiger partial charge in [0.15, 0.2) is 15.0 Å². The Labute approximate surface area is 124 Å². The third-order valence-electron chi connectivity index (χ3n) is 3.88. The van der Waals surface area contributed by atoms with E-state index in [4.69, 9.17) is 4.99 Å². The molecule has 1 saturated carbocycles. The van der Waals surface area contributed by atoms with E-state index in [1.807, 2.05) is 0 Å². The molecule has 0 radical (unpaired) electrons. The zero-order valence-electron chi connectivity index (χ0n) is 11.4. The van der Waals surface area contributed by atoms with Crippen molar-refractivity contribution < 1.29 is 8.42 Å². The second-order valence-corrected chi connectivity index (χ2v) is 8.54. The number of rotatable bonds is 2. The Kier molecular flexibility index (Phi) is 3.54.